The van der Waals surface area contributed by atoms with Crippen LogP contribution in [0.5, 0.6) is 0 Å². The molecule has 0 fully saturated rings. The number of rotatable bonds is 4. The highest BCUT2D eigenvalue weighted by Gasteiger charge is 2.17. The summed E-state index contributed by atoms with van der Waals surface area (Å²) in [6, 6.07) is 12.6. The van der Waals surface area contributed by atoms with Crippen molar-refractivity contribution >= 4 is 29.0 Å². The standard InChI is InChI=1S/C16H13ClFN5O/c17-11-3-7-13(8-4-11)20-16(24)14-15(19)23(22-21-14)9-10-1-5-12(18)6-2-10/h1-8H,9,19H2,(H,20,24). The minimum Gasteiger partial charge on any atom is -0.382 e. The molecule has 0 saturated heterocycles. The van der Waals surface area contributed by atoms with E-state index in [0.717, 1.165) is 5.56 Å². The van der Waals surface area contributed by atoms with Gasteiger partial charge in [0.15, 0.2) is 11.5 Å². The zero-order chi connectivity index (χ0) is 17.1. The van der Waals surface area contributed by atoms with Crippen LogP contribution in [0.25, 0.3) is 0 Å². The molecule has 24 heavy (non-hydrogen) atoms. The Kier molecular flexibility index (Phi) is 4.43. The fourth-order valence-electron chi connectivity index (χ4n) is 2.09. The molecular formula is C16H13ClFN5O. The maximum Gasteiger partial charge on any atom is 0.280 e. The smallest absolute Gasteiger partial charge is 0.280 e. The van der Waals surface area contributed by atoms with Gasteiger partial charge in [-0.2, -0.15) is 0 Å². The number of anilines is 2. The molecule has 6 nitrogen and oxygen atoms in total. The maximum atomic E-state index is 12.9. The highest BCUT2D eigenvalue weighted by Crippen LogP contribution is 2.16. The zero-order valence-corrected chi connectivity index (χ0v) is 13.2. The summed E-state index contributed by atoms with van der Waals surface area (Å²) in [6.45, 7) is 0.285. The summed E-state index contributed by atoms with van der Waals surface area (Å²) in [7, 11) is 0. The third-order valence-corrected chi connectivity index (χ3v) is 3.59. The first-order chi connectivity index (χ1) is 11.5. The van der Waals surface area contributed by atoms with Gasteiger partial charge in [0.2, 0.25) is 0 Å². The Balaban J connectivity index is 1.75. The van der Waals surface area contributed by atoms with E-state index in [-0.39, 0.29) is 23.9 Å². The molecule has 1 aromatic heterocycles. The van der Waals surface area contributed by atoms with Crippen LogP contribution < -0.4 is 11.1 Å². The third-order valence-electron chi connectivity index (χ3n) is 3.34. The lowest BCUT2D eigenvalue weighted by Crippen LogP contribution is -2.15. The summed E-state index contributed by atoms with van der Waals surface area (Å²) in [4.78, 5) is 12.2. The van der Waals surface area contributed by atoms with Gasteiger partial charge >= 0.3 is 0 Å². The number of nitrogen functional groups attached to an aromatic ring is 1. The van der Waals surface area contributed by atoms with E-state index >= 15 is 0 Å². The van der Waals surface area contributed by atoms with E-state index in [1.165, 1.54) is 16.8 Å². The molecule has 0 atom stereocenters. The van der Waals surface area contributed by atoms with Crippen molar-refractivity contribution in [3.05, 3.63) is 70.6 Å². The number of halogens is 2. The molecule has 0 aliphatic heterocycles. The number of nitrogens with zero attached hydrogens (tertiary/aromatic N) is 3. The summed E-state index contributed by atoms with van der Waals surface area (Å²) in [5.41, 5.74) is 7.32. The van der Waals surface area contributed by atoms with Crippen LogP contribution in [0.1, 0.15) is 16.1 Å². The van der Waals surface area contributed by atoms with E-state index in [1.54, 1.807) is 36.4 Å². The quantitative estimate of drug-likeness (QED) is 0.761. The van der Waals surface area contributed by atoms with Crippen LogP contribution >= 0.6 is 11.6 Å². The second-order valence-electron chi connectivity index (χ2n) is 5.07. The molecule has 1 amide bonds. The van der Waals surface area contributed by atoms with Gasteiger partial charge in [0.05, 0.1) is 6.54 Å². The zero-order valence-electron chi connectivity index (χ0n) is 12.4. The van der Waals surface area contributed by atoms with Gasteiger partial charge < -0.3 is 11.1 Å². The molecule has 0 aliphatic carbocycles. The van der Waals surface area contributed by atoms with Crippen molar-refractivity contribution in [2.24, 2.45) is 0 Å². The molecule has 0 spiro atoms. The summed E-state index contributed by atoms with van der Waals surface area (Å²) >= 11 is 5.80. The third kappa shape index (κ3) is 3.52. The topological polar surface area (TPSA) is 85.8 Å². The lowest BCUT2D eigenvalue weighted by Gasteiger charge is -2.05. The van der Waals surface area contributed by atoms with E-state index in [9.17, 15) is 9.18 Å². The predicted molar refractivity (Wildman–Crippen MR) is 89.3 cm³/mol. The van der Waals surface area contributed by atoms with Crippen molar-refractivity contribution in [1.82, 2.24) is 15.0 Å². The Morgan fingerprint density at radius 1 is 1.17 bits per heavy atom. The molecule has 2 aromatic carbocycles. The van der Waals surface area contributed by atoms with Gasteiger partial charge in [-0.05, 0) is 42.0 Å². The normalized spacial score (nSPS) is 10.6. The van der Waals surface area contributed by atoms with E-state index in [1.807, 2.05) is 0 Å². The van der Waals surface area contributed by atoms with Crippen molar-refractivity contribution in [2.45, 2.75) is 6.54 Å². The fraction of sp³-hybridized carbons (Fsp3) is 0.0625. The van der Waals surface area contributed by atoms with Crippen LogP contribution in [0, 0.1) is 5.82 Å². The van der Waals surface area contributed by atoms with Crippen LogP contribution in [0.2, 0.25) is 5.02 Å². The number of nitrogens with two attached hydrogens (primary N) is 1. The number of carbonyl (C=O) groups is 1. The van der Waals surface area contributed by atoms with E-state index < -0.39 is 5.91 Å². The molecule has 3 aromatic rings. The number of carbonyl (C=O) groups excluding carboxylic acids is 1. The monoisotopic (exact) mass is 345 g/mol. The molecule has 3 rings (SSSR count). The van der Waals surface area contributed by atoms with Crippen molar-refractivity contribution < 1.29 is 9.18 Å². The Labute approximate surface area is 142 Å². The first kappa shape index (κ1) is 15.9. The van der Waals surface area contributed by atoms with Gasteiger partial charge in [-0.15, -0.1) is 5.10 Å². The molecule has 1 heterocycles. The highest BCUT2D eigenvalue weighted by atomic mass is 35.5. The molecule has 0 radical (unpaired) electrons. The van der Waals surface area contributed by atoms with Gasteiger partial charge in [-0.1, -0.05) is 28.9 Å². The average Bonchev–Trinajstić information content (AvgIpc) is 2.93. The SMILES string of the molecule is Nc1c(C(=O)Nc2ccc(Cl)cc2)nnn1Cc1ccc(F)cc1. The van der Waals surface area contributed by atoms with Crippen LogP contribution in [-0.2, 0) is 6.54 Å². The van der Waals surface area contributed by atoms with Crippen LogP contribution in [-0.4, -0.2) is 20.9 Å². The first-order valence-corrected chi connectivity index (χ1v) is 7.41. The maximum absolute atomic E-state index is 12.9. The van der Waals surface area contributed by atoms with Gasteiger partial charge in [-0.3, -0.25) is 4.79 Å². The Morgan fingerprint density at radius 2 is 1.83 bits per heavy atom. The molecule has 0 bridgehead atoms. The summed E-state index contributed by atoms with van der Waals surface area (Å²) in [6.07, 6.45) is 0. The van der Waals surface area contributed by atoms with Crippen molar-refractivity contribution in [3.63, 3.8) is 0 Å². The van der Waals surface area contributed by atoms with Gasteiger partial charge in [0.1, 0.15) is 5.82 Å². The summed E-state index contributed by atoms with van der Waals surface area (Å²) in [5, 5.41) is 10.9. The number of nitrogens with one attached hydrogen (secondary N) is 1. The number of hydrogen-bond acceptors (Lipinski definition) is 4. The summed E-state index contributed by atoms with van der Waals surface area (Å²) < 4.78 is 14.3. The highest BCUT2D eigenvalue weighted by molar-refractivity contribution is 6.30. The number of benzene rings is 2. The predicted octanol–water partition coefficient (Wildman–Crippen LogP) is 2.95. The second kappa shape index (κ2) is 6.67. The molecule has 122 valence electrons. The molecular weight excluding hydrogens is 333 g/mol. The Hall–Kier alpha value is -2.93. The minimum atomic E-state index is -0.472. The van der Waals surface area contributed by atoms with Gasteiger partial charge in [-0.25, -0.2) is 9.07 Å². The number of amides is 1. The van der Waals surface area contributed by atoms with Gasteiger partial charge in [0.25, 0.3) is 5.91 Å². The molecule has 0 unspecified atom stereocenters. The molecule has 0 aliphatic rings. The van der Waals surface area contributed by atoms with Crippen LogP contribution in [0.3, 0.4) is 0 Å². The van der Waals surface area contributed by atoms with Crippen molar-refractivity contribution in [3.8, 4) is 0 Å². The van der Waals surface area contributed by atoms with Crippen LogP contribution in [0.4, 0.5) is 15.9 Å². The average molecular weight is 346 g/mol. The lowest BCUT2D eigenvalue weighted by atomic mass is 10.2. The Bertz CT molecular complexity index is 861. The molecule has 3 N–H and O–H groups in total. The van der Waals surface area contributed by atoms with Gasteiger partial charge in [0, 0.05) is 10.7 Å². The van der Waals surface area contributed by atoms with Crippen LogP contribution in [0.15, 0.2) is 48.5 Å². The van der Waals surface area contributed by atoms with E-state index in [2.05, 4.69) is 15.6 Å². The number of hydrogen-bond donors (Lipinski definition) is 2. The Morgan fingerprint density at radius 3 is 2.50 bits per heavy atom. The first-order valence-electron chi connectivity index (χ1n) is 7.03. The largest absolute Gasteiger partial charge is 0.382 e. The summed E-state index contributed by atoms with van der Waals surface area (Å²) in [5.74, 6) is -0.667. The van der Waals surface area contributed by atoms with Crippen molar-refractivity contribution in [1.29, 1.82) is 0 Å². The van der Waals surface area contributed by atoms with E-state index in [0.29, 0.717) is 10.7 Å². The fourth-order valence-corrected chi connectivity index (χ4v) is 2.21. The lowest BCUT2D eigenvalue weighted by molar-refractivity contribution is 0.102. The molecule has 0 saturated carbocycles. The van der Waals surface area contributed by atoms with E-state index in [4.69, 9.17) is 17.3 Å². The molecule has 8 heteroatoms. The van der Waals surface area contributed by atoms with Crippen molar-refractivity contribution in [2.75, 3.05) is 11.1 Å². The number of aromatic nitrogens is 3. The minimum absolute atomic E-state index is 0.0204. The second-order valence-corrected chi connectivity index (χ2v) is 5.50.